The SMILES string of the molecule is CCC(C)c1ccc(OCCCOc2ccccc2OC)cc1. The average molecular weight is 314 g/mol. The zero-order valence-electron chi connectivity index (χ0n) is 14.2. The first-order valence-electron chi connectivity index (χ1n) is 8.23. The lowest BCUT2D eigenvalue weighted by molar-refractivity contribution is 0.240. The average Bonchev–Trinajstić information content (AvgIpc) is 2.61. The van der Waals surface area contributed by atoms with E-state index >= 15 is 0 Å². The molecule has 0 bridgehead atoms. The van der Waals surface area contributed by atoms with Crippen LogP contribution in [0.15, 0.2) is 48.5 Å². The largest absolute Gasteiger partial charge is 0.493 e. The highest BCUT2D eigenvalue weighted by molar-refractivity contribution is 5.39. The van der Waals surface area contributed by atoms with E-state index in [-0.39, 0.29) is 0 Å². The topological polar surface area (TPSA) is 27.7 Å². The minimum absolute atomic E-state index is 0.596. The van der Waals surface area contributed by atoms with E-state index < -0.39 is 0 Å². The molecule has 3 heteroatoms. The predicted octanol–water partition coefficient (Wildman–Crippen LogP) is 5.06. The summed E-state index contributed by atoms with van der Waals surface area (Å²) in [5.41, 5.74) is 1.36. The number of ether oxygens (including phenoxy) is 3. The normalized spacial score (nSPS) is 11.8. The van der Waals surface area contributed by atoms with Crippen molar-refractivity contribution in [2.45, 2.75) is 32.6 Å². The zero-order valence-corrected chi connectivity index (χ0v) is 14.2. The van der Waals surface area contributed by atoms with Crippen LogP contribution >= 0.6 is 0 Å². The maximum absolute atomic E-state index is 5.76. The summed E-state index contributed by atoms with van der Waals surface area (Å²) < 4.78 is 16.7. The van der Waals surface area contributed by atoms with Crippen molar-refractivity contribution in [2.24, 2.45) is 0 Å². The fraction of sp³-hybridized carbons (Fsp3) is 0.400. The van der Waals surface area contributed by atoms with Gasteiger partial charge in [0.25, 0.3) is 0 Å². The number of rotatable bonds is 9. The Bertz CT molecular complexity index is 578. The van der Waals surface area contributed by atoms with Crippen molar-refractivity contribution >= 4 is 0 Å². The molecule has 0 aromatic heterocycles. The molecule has 124 valence electrons. The lowest BCUT2D eigenvalue weighted by atomic mass is 9.99. The van der Waals surface area contributed by atoms with E-state index in [1.165, 1.54) is 5.56 Å². The second-order valence-electron chi connectivity index (χ2n) is 5.58. The van der Waals surface area contributed by atoms with Gasteiger partial charge in [0.05, 0.1) is 20.3 Å². The quantitative estimate of drug-likeness (QED) is 0.606. The molecule has 0 aliphatic carbocycles. The number of para-hydroxylation sites is 2. The Morgan fingerprint density at radius 3 is 2.17 bits per heavy atom. The Morgan fingerprint density at radius 1 is 0.870 bits per heavy atom. The van der Waals surface area contributed by atoms with Crippen LogP contribution in [0.25, 0.3) is 0 Å². The monoisotopic (exact) mass is 314 g/mol. The number of hydrogen-bond acceptors (Lipinski definition) is 3. The van der Waals surface area contributed by atoms with E-state index in [0.717, 1.165) is 30.1 Å². The summed E-state index contributed by atoms with van der Waals surface area (Å²) in [6.07, 6.45) is 1.98. The third-order valence-electron chi connectivity index (χ3n) is 3.95. The van der Waals surface area contributed by atoms with Crippen molar-refractivity contribution in [1.29, 1.82) is 0 Å². The maximum Gasteiger partial charge on any atom is 0.161 e. The molecule has 2 aromatic carbocycles. The van der Waals surface area contributed by atoms with Gasteiger partial charge in [0, 0.05) is 6.42 Å². The molecule has 0 amide bonds. The Morgan fingerprint density at radius 2 is 1.52 bits per heavy atom. The van der Waals surface area contributed by atoms with Crippen LogP contribution in [0, 0.1) is 0 Å². The van der Waals surface area contributed by atoms with Crippen molar-refractivity contribution in [3.63, 3.8) is 0 Å². The van der Waals surface area contributed by atoms with Crippen LogP contribution in [0.1, 0.15) is 38.2 Å². The van der Waals surface area contributed by atoms with Gasteiger partial charge in [0.2, 0.25) is 0 Å². The molecular formula is C20H26O3. The van der Waals surface area contributed by atoms with Crippen LogP contribution in [0.2, 0.25) is 0 Å². The van der Waals surface area contributed by atoms with E-state index in [0.29, 0.717) is 19.1 Å². The lowest BCUT2D eigenvalue weighted by Crippen LogP contribution is -2.05. The van der Waals surface area contributed by atoms with E-state index in [9.17, 15) is 0 Å². The van der Waals surface area contributed by atoms with Gasteiger partial charge in [-0.1, -0.05) is 38.1 Å². The van der Waals surface area contributed by atoms with Crippen LogP contribution in [0.4, 0.5) is 0 Å². The van der Waals surface area contributed by atoms with E-state index in [1.807, 2.05) is 36.4 Å². The molecule has 0 saturated heterocycles. The third-order valence-corrected chi connectivity index (χ3v) is 3.95. The van der Waals surface area contributed by atoms with Gasteiger partial charge in [-0.3, -0.25) is 0 Å². The summed E-state index contributed by atoms with van der Waals surface area (Å²) in [4.78, 5) is 0. The molecule has 0 saturated carbocycles. The van der Waals surface area contributed by atoms with Crippen LogP contribution in [0.3, 0.4) is 0 Å². The van der Waals surface area contributed by atoms with Gasteiger partial charge >= 0.3 is 0 Å². The van der Waals surface area contributed by atoms with E-state index in [4.69, 9.17) is 14.2 Å². The molecule has 0 N–H and O–H groups in total. The number of methoxy groups -OCH3 is 1. The number of benzene rings is 2. The van der Waals surface area contributed by atoms with Gasteiger partial charge in [-0.15, -0.1) is 0 Å². The Hall–Kier alpha value is -2.16. The minimum atomic E-state index is 0.596. The fourth-order valence-corrected chi connectivity index (χ4v) is 2.30. The predicted molar refractivity (Wildman–Crippen MR) is 93.7 cm³/mol. The van der Waals surface area contributed by atoms with Gasteiger partial charge in [-0.2, -0.15) is 0 Å². The minimum Gasteiger partial charge on any atom is -0.493 e. The van der Waals surface area contributed by atoms with Crippen LogP contribution in [-0.2, 0) is 0 Å². The highest BCUT2D eigenvalue weighted by atomic mass is 16.5. The maximum atomic E-state index is 5.76. The van der Waals surface area contributed by atoms with Crippen molar-refractivity contribution in [1.82, 2.24) is 0 Å². The van der Waals surface area contributed by atoms with Gasteiger partial charge in [0.15, 0.2) is 11.5 Å². The first-order chi connectivity index (χ1) is 11.2. The standard InChI is InChI=1S/C20H26O3/c1-4-16(2)17-10-12-18(13-11-17)22-14-7-15-23-20-9-6-5-8-19(20)21-3/h5-6,8-13,16H,4,7,14-15H2,1-3H3. The first-order valence-corrected chi connectivity index (χ1v) is 8.23. The molecule has 0 fully saturated rings. The molecule has 23 heavy (non-hydrogen) atoms. The lowest BCUT2D eigenvalue weighted by Gasteiger charge is -2.12. The van der Waals surface area contributed by atoms with Gasteiger partial charge in [0.1, 0.15) is 5.75 Å². The molecule has 0 aliphatic rings. The summed E-state index contributed by atoms with van der Waals surface area (Å²) in [6.45, 7) is 5.69. The fourth-order valence-electron chi connectivity index (χ4n) is 2.30. The third kappa shape index (κ3) is 5.20. The van der Waals surface area contributed by atoms with E-state index in [2.05, 4.69) is 26.0 Å². The molecule has 0 radical (unpaired) electrons. The molecule has 3 nitrogen and oxygen atoms in total. The summed E-state index contributed by atoms with van der Waals surface area (Å²) in [5.74, 6) is 3.04. The van der Waals surface area contributed by atoms with Gasteiger partial charge in [-0.25, -0.2) is 0 Å². The van der Waals surface area contributed by atoms with Crippen LogP contribution < -0.4 is 14.2 Å². The Kier molecular flexibility index (Phi) is 6.79. The Labute approximate surface area is 139 Å². The van der Waals surface area contributed by atoms with Crippen molar-refractivity contribution in [2.75, 3.05) is 20.3 Å². The van der Waals surface area contributed by atoms with Gasteiger partial charge < -0.3 is 14.2 Å². The molecule has 0 heterocycles. The second-order valence-corrected chi connectivity index (χ2v) is 5.58. The number of hydrogen-bond donors (Lipinski definition) is 0. The van der Waals surface area contributed by atoms with Gasteiger partial charge in [-0.05, 0) is 42.2 Å². The molecule has 1 atom stereocenters. The highest BCUT2D eigenvalue weighted by Gasteiger charge is 2.04. The van der Waals surface area contributed by atoms with E-state index in [1.54, 1.807) is 7.11 Å². The van der Waals surface area contributed by atoms with Crippen LogP contribution in [0.5, 0.6) is 17.2 Å². The second kappa shape index (κ2) is 9.09. The van der Waals surface area contributed by atoms with Crippen molar-refractivity contribution < 1.29 is 14.2 Å². The van der Waals surface area contributed by atoms with Crippen LogP contribution in [-0.4, -0.2) is 20.3 Å². The summed E-state index contributed by atoms with van der Waals surface area (Å²) >= 11 is 0. The summed E-state index contributed by atoms with van der Waals surface area (Å²) in [5, 5.41) is 0. The molecule has 2 aromatic rings. The highest BCUT2D eigenvalue weighted by Crippen LogP contribution is 2.26. The summed E-state index contributed by atoms with van der Waals surface area (Å²) in [7, 11) is 1.65. The first kappa shape index (κ1) is 17.2. The molecular weight excluding hydrogens is 288 g/mol. The zero-order chi connectivity index (χ0) is 16.5. The summed E-state index contributed by atoms with van der Waals surface area (Å²) in [6, 6.07) is 16.1. The smallest absolute Gasteiger partial charge is 0.161 e. The molecule has 0 spiro atoms. The van der Waals surface area contributed by atoms with Crippen molar-refractivity contribution in [3.05, 3.63) is 54.1 Å². The molecule has 0 aliphatic heterocycles. The molecule has 2 rings (SSSR count). The van der Waals surface area contributed by atoms with Crippen molar-refractivity contribution in [3.8, 4) is 17.2 Å². The molecule has 1 unspecified atom stereocenters. The Balaban J connectivity index is 1.71.